The van der Waals surface area contributed by atoms with E-state index >= 15 is 0 Å². The Balaban J connectivity index is 2.61. The monoisotopic (exact) mass is 307 g/mol. The first-order chi connectivity index (χ1) is 9.81. The minimum absolute atomic E-state index is 0.187. The summed E-state index contributed by atoms with van der Waals surface area (Å²) in [5, 5.41) is 0. The number of nitrogens with two attached hydrogens (primary N) is 3. The lowest BCUT2D eigenvalue weighted by Gasteiger charge is -2.11. The Morgan fingerprint density at radius 3 is 2.29 bits per heavy atom. The van der Waals surface area contributed by atoms with E-state index in [9.17, 15) is 13.2 Å². The van der Waals surface area contributed by atoms with E-state index in [2.05, 4.69) is 4.18 Å². The van der Waals surface area contributed by atoms with Crippen LogP contribution in [0.1, 0.15) is 0 Å². The first kappa shape index (κ1) is 14.7. The number of amides is 1. The van der Waals surface area contributed by atoms with Gasteiger partial charge in [0.25, 0.3) is 0 Å². The van der Waals surface area contributed by atoms with Gasteiger partial charge in [0.2, 0.25) is 0 Å². The minimum Gasteiger partial charge on any atom is -0.397 e. The van der Waals surface area contributed by atoms with E-state index in [1.54, 1.807) is 24.3 Å². The van der Waals surface area contributed by atoms with Crippen LogP contribution < -0.4 is 17.2 Å². The number of carbonyl (C=O) groups is 1. The Morgan fingerprint density at radius 1 is 1.00 bits per heavy atom. The van der Waals surface area contributed by atoms with Crippen LogP contribution in [0.4, 0.5) is 16.2 Å². The smallest absolute Gasteiger partial charge is 0.397 e. The van der Waals surface area contributed by atoms with Gasteiger partial charge in [-0.2, -0.15) is 8.42 Å². The Labute approximate surface area is 121 Å². The quantitative estimate of drug-likeness (QED) is 0.577. The van der Waals surface area contributed by atoms with Gasteiger partial charge in [0.1, 0.15) is 4.90 Å². The number of benzene rings is 2. The lowest BCUT2D eigenvalue weighted by Crippen LogP contribution is -2.19. The zero-order chi connectivity index (χ0) is 15.6. The number of hydrogen-bond donors (Lipinski definition) is 3. The van der Waals surface area contributed by atoms with Crippen molar-refractivity contribution in [2.75, 3.05) is 11.5 Å². The van der Waals surface area contributed by atoms with Gasteiger partial charge in [0, 0.05) is 5.56 Å². The third kappa shape index (κ3) is 3.06. The van der Waals surface area contributed by atoms with E-state index < -0.39 is 16.2 Å². The zero-order valence-electron chi connectivity index (χ0n) is 10.8. The van der Waals surface area contributed by atoms with Gasteiger partial charge in [-0.1, -0.05) is 24.3 Å². The van der Waals surface area contributed by atoms with Gasteiger partial charge in [-0.3, -0.25) is 0 Å². The van der Waals surface area contributed by atoms with E-state index in [0.717, 1.165) is 0 Å². The topological polar surface area (TPSA) is 138 Å². The molecule has 21 heavy (non-hydrogen) atoms. The Kier molecular flexibility index (Phi) is 3.72. The first-order valence-corrected chi connectivity index (χ1v) is 7.20. The van der Waals surface area contributed by atoms with Crippen LogP contribution in [0.25, 0.3) is 11.1 Å². The van der Waals surface area contributed by atoms with Gasteiger partial charge in [-0.25, -0.2) is 4.79 Å². The minimum atomic E-state index is -4.31. The van der Waals surface area contributed by atoms with Crippen molar-refractivity contribution in [1.82, 2.24) is 0 Å². The van der Waals surface area contributed by atoms with Crippen LogP contribution in [-0.2, 0) is 14.3 Å². The molecule has 0 saturated heterocycles. The number of nitrogen functional groups attached to an aromatic ring is 2. The second-order valence-corrected chi connectivity index (χ2v) is 5.71. The van der Waals surface area contributed by atoms with Gasteiger partial charge in [0.05, 0.1) is 11.4 Å². The molecule has 2 aromatic rings. The van der Waals surface area contributed by atoms with E-state index in [-0.39, 0.29) is 4.90 Å². The van der Waals surface area contributed by atoms with E-state index in [1.165, 1.54) is 18.2 Å². The molecule has 0 bridgehead atoms. The molecule has 0 aliphatic heterocycles. The van der Waals surface area contributed by atoms with Crippen LogP contribution in [-0.4, -0.2) is 14.5 Å². The standard InChI is InChI=1S/C13H13N3O4S/c14-10-6-5-8(7-11(10)15)9-3-1-2-4-12(9)21(18,19)20-13(16)17/h1-7H,14-15H2,(H2,16,17). The second-order valence-electron chi connectivity index (χ2n) is 4.20. The predicted molar refractivity (Wildman–Crippen MR) is 78.6 cm³/mol. The Bertz CT molecular complexity index is 803. The van der Waals surface area contributed by atoms with Crippen molar-refractivity contribution in [3.8, 4) is 11.1 Å². The molecule has 0 atom stereocenters. The molecule has 0 aliphatic carbocycles. The van der Waals surface area contributed by atoms with Gasteiger partial charge in [-0.05, 0) is 23.8 Å². The highest BCUT2D eigenvalue weighted by Crippen LogP contribution is 2.31. The molecule has 6 N–H and O–H groups in total. The van der Waals surface area contributed by atoms with Crippen LogP contribution in [0.3, 0.4) is 0 Å². The third-order valence-corrected chi connectivity index (χ3v) is 4.02. The zero-order valence-corrected chi connectivity index (χ0v) is 11.6. The first-order valence-electron chi connectivity index (χ1n) is 5.79. The van der Waals surface area contributed by atoms with E-state index in [1.807, 2.05) is 0 Å². The average molecular weight is 307 g/mol. The average Bonchev–Trinajstić information content (AvgIpc) is 2.40. The summed E-state index contributed by atoms with van der Waals surface area (Å²) >= 11 is 0. The molecule has 1 amide bonds. The summed E-state index contributed by atoms with van der Waals surface area (Å²) in [6.07, 6.45) is -1.40. The normalized spacial score (nSPS) is 11.0. The maximum Gasteiger partial charge on any atom is 0.420 e. The summed E-state index contributed by atoms with van der Waals surface area (Å²) in [5.41, 5.74) is 17.7. The number of carbonyl (C=O) groups excluding carboxylic acids is 1. The SMILES string of the molecule is NC(=O)OS(=O)(=O)c1ccccc1-c1ccc(N)c(N)c1. The summed E-state index contributed by atoms with van der Waals surface area (Å²) in [6.45, 7) is 0. The highest BCUT2D eigenvalue weighted by atomic mass is 32.2. The van der Waals surface area contributed by atoms with Crippen LogP contribution in [0.5, 0.6) is 0 Å². The molecule has 0 aliphatic rings. The fourth-order valence-corrected chi connectivity index (χ4v) is 2.82. The van der Waals surface area contributed by atoms with Crippen LogP contribution in [0, 0.1) is 0 Å². The molecule has 0 radical (unpaired) electrons. The fourth-order valence-electron chi connectivity index (χ4n) is 1.82. The molecule has 0 heterocycles. The molecule has 0 fully saturated rings. The van der Waals surface area contributed by atoms with Crippen molar-refractivity contribution < 1.29 is 17.4 Å². The maximum atomic E-state index is 12.0. The van der Waals surface area contributed by atoms with Crippen molar-refractivity contribution in [2.24, 2.45) is 5.73 Å². The van der Waals surface area contributed by atoms with Crippen molar-refractivity contribution >= 4 is 27.6 Å². The summed E-state index contributed by atoms with van der Waals surface area (Å²) in [7, 11) is -4.31. The lowest BCUT2D eigenvalue weighted by molar-refractivity contribution is 0.213. The molecule has 2 aromatic carbocycles. The number of primary amides is 1. The molecular formula is C13H13N3O4S. The molecule has 0 saturated carbocycles. The van der Waals surface area contributed by atoms with Gasteiger partial charge in [-0.15, -0.1) is 0 Å². The van der Waals surface area contributed by atoms with Crippen LogP contribution in [0.2, 0.25) is 0 Å². The largest absolute Gasteiger partial charge is 0.420 e. The predicted octanol–water partition coefficient (Wildman–Crippen LogP) is 1.30. The van der Waals surface area contributed by atoms with Gasteiger partial charge >= 0.3 is 16.2 Å². The molecular weight excluding hydrogens is 294 g/mol. The van der Waals surface area contributed by atoms with E-state index in [4.69, 9.17) is 17.2 Å². The lowest BCUT2D eigenvalue weighted by atomic mass is 10.0. The molecule has 7 nitrogen and oxygen atoms in total. The molecule has 0 unspecified atom stereocenters. The number of rotatable bonds is 3. The van der Waals surface area contributed by atoms with Gasteiger partial charge < -0.3 is 21.4 Å². The second kappa shape index (κ2) is 5.33. The molecule has 2 rings (SSSR count). The highest BCUT2D eigenvalue weighted by molar-refractivity contribution is 7.87. The van der Waals surface area contributed by atoms with Crippen molar-refractivity contribution in [3.63, 3.8) is 0 Å². The van der Waals surface area contributed by atoms with Crippen LogP contribution >= 0.6 is 0 Å². The number of anilines is 2. The summed E-state index contributed by atoms with van der Waals surface area (Å²) in [6, 6.07) is 10.7. The summed E-state index contributed by atoms with van der Waals surface area (Å²) < 4.78 is 28.2. The van der Waals surface area contributed by atoms with E-state index in [0.29, 0.717) is 22.5 Å². The highest BCUT2D eigenvalue weighted by Gasteiger charge is 2.22. The molecule has 8 heteroatoms. The summed E-state index contributed by atoms with van der Waals surface area (Å²) in [5.74, 6) is 0. The maximum absolute atomic E-state index is 12.0. The fraction of sp³-hybridized carbons (Fsp3) is 0. The Morgan fingerprint density at radius 2 is 1.67 bits per heavy atom. The van der Waals surface area contributed by atoms with Crippen molar-refractivity contribution in [2.45, 2.75) is 4.90 Å². The summed E-state index contributed by atoms with van der Waals surface area (Å²) in [4.78, 5) is 10.5. The van der Waals surface area contributed by atoms with Crippen molar-refractivity contribution in [3.05, 3.63) is 42.5 Å². The Hall–Kier alpha value is -2.74. The van der Waals surface area contributed by atoms with Gasteiger partial charge in [0.15, 0.2) is 0 Å². The van der Waals surface area contributed by atoms with Crippen LogP contribution in [0.15, 0.2) is 47.4 Å². The molecule has 0 aromatic heterocycles. The third-order valence-electron chi connectivity index (χ3n) is 2.75. The molecule has 110 valence electrons. The number of hydrogen-bond acceptors (Lipinski definition) is 6. The van der Waals surface area contributed by atoms with Crippen molar-refractivity contribution in [1.29, 1.82) is 0 Å². The molecule has 0 spiro atoms.